The van der Waals surface area contributed by atoms with Crippen molar-refractivity contribution in [2.24, 2.45) is 5.92 Å². The van der Waals surface area contributed by atoms with Gasteiger partial charge in [-0.15, -0.1) is 0 Å². The van der Waals surface area contributed by atoms with Crippen molar-refractivity contribution >= 4 is 23.5 Å². The molecule has 0 saturated carbocycles. The molecule has 0 radical (unpaired) electrons. The van der Waals surface area contributed by atoms with Gasteiger partial charge in [0.25, 0.3) is 11.8 Å². The van der Waals surface area contributed by atoms with Crippen LogP contribution in [0.3, 0.4) is 0 Å². The van der Waals surface area contributed by atoms with E-state index in [9.17, 15) is 14.4 Å². The Morgan fingerprint density at radius 1 is 0.850 bits per heavy atom. The molecule has 0 bridgehead atoms. The van der Waals surface area contributed by atoms with Crippen LogP contribution in [0.2, 0.25) is 0 Å². The number of amides is 2. The molecule has 202 valence electrons. The number of nitrogens with one attached hydrogen (secondary N) is 1. The average molecular weight is 537 g/mol. The van der Waals surface area contributed by atoms with Crippen LogP contribution in [0.1, 0.15) is 40.1 Å². The molecule has 6 nitrogen and oxygen atoms in total. The van der Waals surface area contributed by atoms with Crippen LogP contribution in [-0.4, -0.2) is 35.8 Å². The molecular formula is C33H29FN2O4. The number of esters is 1. The number of hydrogen-bond donors (Lipinski definition) is 1. The highest BCUT2D eigenvalue weighted by Crippen LogP contribution is 2.32. The molecule has 1 heterocycles. The Hall–Kier alpha value is -4.78. The predicted octanol–water partition coefficient (Wildman–Crippen LogP) is 6.57. The van der Waals surface area contributed by atoms with Crippen LogP contribution in [-0.2, 0) is 16.1 Å². The van der Waals surface area contributed by atoms with Gasteiger partial charge in [-0.05, 0) is 64.1 Å². The largest absolute Gasteiger partial charge is 0.467 e. The molecule has 1 atom stereocenters. The number of halogens is 1. The van der Waals surface area contributed by atoms with Crippen molar-refractivity contribution in [2.45, 2.75) is 26.4 Å². The zero-order chi connectivity index (χ0) is 28.4. The van der Waals surface area contributed by atoms with Crippen LogP contribution in [0.4, 0.5) is 10.1 Å². The highest BCUT2D eigenvalue weighted by atomic mass is 19.1. The van der Waals surface area contributed by atoms with Crippen molar-refractivity contribution in [2.75, 3.05) is 12.4 Å². The van der Waals surface area contributed by atoms with Gasteiger partial charge in [0.15, 0.2) is 0 Å². The third kappa shape index (κ3) is 5.23. The maximum Gasteiger partial charge on any atom is 0.328 e. The first-order chi connectivity index (χ1) is 19.3. The van der Waals surface area contributed by atoms with Crippen molar-refractivity contribution in [1.29, 1.82) is 0 Å². The predicted molar refractivity (Wildman–Crippen MR) is 152 cm³/mol. The Morgan fingerprint density at radius 2 is 1.48 bits per heavy atom. The minimum Gasteiger partial charge on any atom is -0.467 e. The SMILES string of the molecule is COC(=O)[C@H](C(C)C)N1Cc2ccc(-c3ccc(NC(=O)c4ccc(-c5ccccc5)cc4)c(F)c3)cc2C1=O. The van der Waals surface area contributed by atoms with Crippen molar-refractivity contribution in [3.05, 3.63) is 114 Å². The molecule has 1 aliphatic heterocycles. The second-order valence-electron chi connectivity index (χ2n) is 10.1. The number of methoxy groups -OCH3 is 1. The standard InChI is InChI=1S/C33H29FN2O4/c1-20(2)30(33(39)40-3)36-19-26-14-13-24(17-27(26)32(36)38)25-15-16-29(28(34)18-25)35-31(37)23-11-9-22(10-12-23)21-7-5-4-6-8-21/h4-18,20,30H,19H2,1-3H3,(H,35,37)/t30-/m0/s1. The number of nitrogens with zero attached hydrogens (tertiary/aromatic N) is 1. The van der Waals surface area contributed by atoms with Crippen LogP contribution in [0.25, 0.3) is 22.3 Å². The number of anilines is 1. The molecule has 2 amide bonds. The van der Waals surface area contributed by atoms with E-state index in [-0.39, 0.29) is 17.5 Å². The van der Waals surface area contributed by atoms with Crippen LogP contribution in [0, 0.1) is 11.7 Å². The summed E-state index contributed by atoms with van der Waals surface area (Å²) in [5.41, 5.74) is 4.98. The fraction of sp³-hybridized carbons (Fsp3) is 0.182. The van der Waals surface area contributed by atoms with Crippen LogP contribution in [0.15, 0.2) is 91.0 Å². The summed E-state index contributed by atoms with van der Waals surface area (Å²) in [6.07, 6.45) is 0. The average Bonchev–Trinajstić information content (AvgIpc) is 3.29. The second-order valence-corrected chi connectivity index (χ2v) is 10.1. The molecule has 0 aliphatic carbocycles. The number of carbonyl (C=O) groups excluding carboxylic acids is 3. The quantitative estimate of drug-likeness (QED) is 0.271. The van der Waals surface area contributed by atoms with Crippen LogP contribution in [0.5, 0.6) is 0 Å². The zero-order valence-electron chi connectivity index (χ0n) is 22.5. The third-order valence-electron chi connectivity index (χ3n) is 7.16. The number of benzene rings is 4. The van der Waals surface area contributed by atoms with Gasteiger partial charge >= 0.3 is 5.97 Å². The molecular weight excluding hydrogens is 507 g/mol. The molecule has 0 spiro atoms. The molecule has 1 aliphatic rings. The van der Waals surface area contributed by atoms with Crippen molar-refractivity contribution in [1.82, 2.24) is 4.90 Å². The summed E-state index contributed by atoms with van der Waals surface area (Å²) in [6.45, 7) is 4.04. The smallest absolute Gasteiger partial charge is 0.328 e. The van der Waals surface area contributed by atoms with Crippen molar-refractivity contribution < 1.29 is 23.5 Å². The maximum absolute atomic E-state index is 15.1. The van der Waals surface area contributed by atoms with E-state index in [0.29, 0.717) is 28.8 Å². The summed E-state index contributed by atoms with van der Waals surface area (Å²) in [4.78, 5) is 39.9. The normalized spacial score (nSPS) is 13.2. The minimum absolute atomic E-state index is 0.0575. The van der Waals surface area contributed by atoms with Gasteiger partial charge in [-0.3, -0.25) is 9.59 Å². The molecule has 0 fully saturated rings. The van der Waals surface area contributed by atoms with Gasteiger partial charge in [0.2, 0.25) is 0 Å². The van der Waals surface area contributed by atoms with Gasteiger partial charge in [-0.1, -0.05) is 74.5 Å². The molecule has 0 aromatic heterocycles. The van der Waals surface area contributed by atoms with Gasteiger partial charge in [0.1, 0.15) is 11.9 Å². The lowest BCUT2D eigenvalue weighted by Gasteiger charge is -2.28. The summed E-state index contributed by atoms with van der Waals surface area (Å²) in [5.74, 6) is -1.85. The van der Waals surface area contributed by atoms with E-state index < -0.39 is 23.7 Å². The number of rotatable bonds is 7. The molecule has 40 heavy (non-hydrogen) atoms. The van der Waals surface area contributed by atoms with Gasteiger partial charge in [0.05, 0.1) is 12.8 Å². The first kappa shape index (κ1) is 26.8. The lowest BCUT2D eigenvalue weighted by atomic mass is 10.00. The summed E-state index contributed by atoms with van der Waals surface area (Å²) < 4.78 is 20.0. The number of ether oxygens (including phenoxy) is 1. The Bertz CT molecular complexity index is 1580. The lowest BCUT2D eigenvalue weighted by Crippen LogP contribution is -2.45. The minimum atomic E-state index is -0.691. The first-order valence-corrected chi connectivity index (χ1v) is 13.1. The second kappa shape index (κ2) is 11.1. The fourth-order valence-electron chi connectivity index (χ4n) is 5.04. The number of carbonyl (C=O) groups is 3. The monoisotopic (exact) mass is 536 g/mol. The highest BCUT2D eigenvalue weighted by Gasteiger charge is 2.38. The summed E-state index contributed by atoms with van der Waals surface area (Å²) >= 11 is 0. The fourth-order valence-corrected chi connectivity index (χ4v) is 5.04. The Labute approximate surface area is 232 Å². The topological polar surface area (TPSA) is 75.7 Å². The molecule has 4 aromatic rings. The van der Waals surface area contributed by atoms with Gasteiger partial charge in [-0.2, -0.15) is 0 Å². The van der Waals surface area contributed by atoms with E-state index in [2.05, 4.69) is 5.32 Å². The third-order valence-corrected chi connectivity index (χ3v) is 7.16. The maximum atomic E-state index is 15.1. The Balaban J connectivity index is 1.32. The molecule has 5 rings (SSSR count). The van der Waals surface area contributed by atoms with E-state index >= 15 is 4.39 Å². The van der Waals surface area contributed by atoms with Gasteiger partial charge in [-0.25, -0.2) is 9.18 Å². The first-order valence-electron chi connectivity index (χ1n) is 13.1. The van der Waals surface area contributed by atoms with E-state index in [4.69, 9.17) is 4.74 Å². The number of fused-ring (bicyclic) bond motifs is 1. The summed E-state index contributed by atoms with van der Waals surface area (Å²) in [7, 11) is 1.31. The zero-order valence-corrected chi connectivity index (χ0v) is 22.5. The molecule has 0 saturated heterocycles. The molecule has 1 N–H and O–H groups in total. The molecule has 0 unspecified atom stereocenters. The van der Waals surface area contributed by atoms with Crippen LogP contribution >= 0.6 is 0 Å². The summed E-state index contributed by atoms with van der Waals surface area (Å²) in [6, 6.07) is 26.1. The van der Waals surface area contributed by atoms with Gasteiger partial charge < -0.3 is 15.0 Å². The summed E-state index contributed by atoms with van der Waals surface area (Å²) in [5, 5.41) is 2.64. The number of hydrogen-bond acceptors (Lipinski definition) is 4. The van der Waals surface area contributed by atoms with E-state index in [1.54, 1.807) is 24.3 Å². The van der Waals surface area contributed by atoms with E-state index in [0.717, 1.165) is 16.7 Å². The van der Waals surface area contributed by atoms with Crippen molar-refractivity contribution in [3.8, 4) is 22.3 Å². The highest BCUT2D eigenvalue weighted by molar-refractivity contribution is 6.05. The van der Waals surface area contributed by atoms with E-state index in [1.807, 2.05) is 68.4 Å². The van der Waals surface area contributed by atoms with Crippen molar-refractivity contribution in [3.63, 3.8) is 0 Å². The Morgan fingerprint density at radius 3 is 2.12 bits per heavy atom. The Kier molecular flexibility index (Phi) is 7.47. The molecule has 7 heteroatoms. The van der Waals surface area contributed by atoms with Crippen LogP contribution < -0.4 is 5.32 Å². The van der Waals surface area contributed by atoms with Gasteiger partial charge in [0, 0.05) is 17.7 Å². The molecule has 4 aromatic carbocycles. The lowest BCUT2D eigenvalue weighted by molar-refractivity contribution is -0.147. The van der Waals surface area contributed by atoms with E-state index in [1.165, 1.54) is 24.1 Å².